The first kappa shape index (κ1) is 22.9. The van der Waals surface area contributed by atoms with E-state index in [1.807, 2.05) is 0 Å². The van der Waals surface area contributed by atoms with Crippen LogP contribution in [-0.2, 0) is 0 Å². The lowest BCUT2D eigenvalue weighted by atomic mass is 9.45. The molecule has 0 saturated heterocycles. The Kier molecular flexibility index (Phi) is 6.55. The van der Waals surface area contributed by atoms with Gasteiger partial charge in [0.25, 0.3) is 0 Å². The van der Waals surface area contributed by atoms with Crippen LogP contribution in [-0.4, -0.2) is 17.2 Å². The largest absolute Gasteiger partial charge is 0.455 e. The standard InChI is InChI=1S/C27H47BO2/c1-18(2)7-6-8-19(3)23-11-12-24-22-10-9-20-17-21(28(29)30)13-15-26(20,4)25(22)14-16-27(23,24)5/h9,18-19,21-25,29-30H,6-8,10-17H2,1-5H3/t19-,21+,22-,23+,24-,25-,26+,27-/m1/s1. The van der Waals surface area contributed by atoms with Crippen LogP contribution in [0.25, 0.3) is 0 Å². The van der Waals surface area contributed by atoms with E-state index < -0.39 is 7.12 Å². The normalized spacial score (nSPS) is 44.1. The lowest BCUT2D eigenvalue weighted by molar-refractivity contribution is -0.0503. The molecule has 0 amide bonds. The van der Waals surface area contributed by atoms with E-state index in [4.69, 9.17) is 0 Å². The van der Waals surface area contributed by atoms with Crippen molar-refractivity contribution in [3.8, 4) is 0 Å². The molecule has 0 aromatic carbocycles. The molecule has 0 aliphatic heterocycles. The van der Waals surface area contributed by atoms with Crippen LogP contribution in [0.15, 0.2) is 11.6 Å². The quantitative estimate of drug-likeness (QED) is 0.368. The third kappa shape index (κ3) is 3.85. The second kappa shape index (κ2) is 8.58. The maximum Gasteiger partial charge on any atom is 0.455 e. The van der Waals surface area contributed by atoms with Crippen molar-refractivity contribution >= 4 is 7.12 Å². The van der Waals surface area contributed by atoms with Gasteiger partial charge in [0.1, 0.15) is 0 Å². The Morgan fingerprint density at radius 2 is 1.77 bits per heavy atom. The summed E-state index contributed by atoms with van der Waals surface area (Å²) in [6.07, 6.45) is 16.8. The molecule has 0 radical (unpaired) electrons. The zero-order valence-electron chi connectivity index (χ0n) is 20.4. The molecule has 0 unspecified atom stereocenters. The summed E-state index contributed by atoms with van der Waals surface area (Å²) >= 11 is 0. The second-order valence-corrected chi connectivity index (χ2v) is 12.7. The number of fused-ring (bicyclic) bond motifs is 5. The van der Waals surface area contributed by atoms with Crippen molar-refractivity contribution < 1.29 is 10.0 Å². The molecule has 170 valence electrons. The molecule has 2 N–H and O–H groups in total. The third-order valence-corrected chi connectivity index (χ3v) is 10.8. The zero-order chi connectivity index (χ0) is 21.7. The van der Waals surface area contributed by atoms with Gasteiger partial charge in [-0.15, -0.1) is 0 Å². The molecular weight excluding hydrogens is 367 g/mol. The van der Waals surface area contributed by atoms with E-state index in [0.717, 1.165) is 54.8 Å². The van der Waals surface area contributed by atoms with Crippen molar-refractivity contribution in [2.75, 3.05) is 0 Å². The van der Waals surface area contributed by atoms with Gasteiger partial charge in [-0.05, 0) is 97.1 Å². The highest BCUT2D eigenvalue weighted by Gasteiger charge is 2.59. The van der Waals surface area contributed by atoms with E-state index >= 15 is 0 Å². The van der Waals surface area contributed by atoms with Gasteiger partial charge in [0, 0.05) is 0 Å². The Hall–Kier alpha value is -0.275. The Bertz CT molecular complexity index is 643. The van der Waals surface area contributed by atoms with Crippen molar-refractivity contribution in [1.82, 2.24) is 0 Å². The van der Waals surface area contributed by atoms with Gasteiger partial charge in [0.05, 0.1) is 0 Å². The minimum absolute atomic E-state index is 0.0530. The fourth-order valence-corrected chi connectivity index (χ4v) is 8.97. The summed E-state index contributed by atoms with van der Waals surface area (Å²) in [6.45, 7) is 12.5. The number of allylic oxidation sites excluding steroid dienone is 2. The first-order valence-electron chi connectivity index (χ1n) is 13.2. The van der Waals surface area contributed by atoms with Gasteiger partial charge < -0.3 is 10.0 Å². The molecule has 30 heavy (non-hydrogen) atoms. The van der Waals surface area contributed by atoms with Crippen molar-refractivity contribution in [1.29, 1.82) is 0 Å². The fraction of sp³-hybridized carbons (Fsp3) is 0.926. The van der Waals surface area contributed by atoms with E-state index in [2.05, 4.69) is 40.7 Å². The average Bonchev–Trinajstić information content (AvgIpc) is 3.04. The van der Waals surface area contributed by atoms with Crippen LogP contribution in [0, 0.1) is 46.3 Å². The van der Waals surface area contributed by atoms with Crippen LogP contribution in [0.2, 0.25) is 5.82 Å². The molecule has 8 atom stereocenters. The Morgan fingerprint density at radius 1 is 1.00 bits per heavy atom. The molecule has 4 aliphatic carbocycles. The van der Waals surface area contributed by atoms with E-state index in [1.165, 1.54) is 51.4 Å². The fourth-order valence-electron chi connectivity index (χ4n) is 8.97. The van der Waals surface area contributed by atoms with Crippen LogP contribution >= 0.6 is 0 Å². The smallest absolute Gasteiger partial charge is 0.427 e. The van der Waals surface area contributed by atoms with Gasteiger partial charge in [0.15, 0.2) is 0 Å². The van der Waals surface area contributed by atoms with Crippen molar-refractivity contribution in [2.24, 2.45) is 46.3 Å². The molecule has 0 spiro atoms. The number of hydrogen-bond acceptors (Lipinski definition) is 2. The predicted octanol–water partition coefficient (Wildman–Crippen LogP) is 6.87. The van der Waals surface area contributed by atoms with Crippen LogP contribution < -0.4 is 0 Å². The van der Waals surface area contributed by atoms with E-state index in [9.17, 15) is 10.0 Å². The molecule has 0 aromatic heterocycles. The molecule has 3 saturated carbocycles. The highest BCUT2D eigenvalue weighted by Crippen LogP contribution is 2.67. The van der Waals surface area contributed by atoms with Crippen molar-refractivity contribution in [2.45, 2.75) is 111 Å². The van der Waals surface area contributed by atoms with Crippen molar-refractivity contribution in [3.63, 3.8) is 0 Å². The molecule has 3 heteroatoms. The SMILES string of the molecule is CC(C)CCC[C@@H](C)[C@@H]1CC[C@@H]2[C@H]3CC=C4C[C@@H](B(O)O)CC[C@]4(C)[C@@H]3CC[C@@]21C. The summed E-state index contributed by atoms with van der Waals surface area (Å²) < 4.78 is 0. The number of hydrogen-bond donors (Lipinski definition) is 2. The molecule has 0 aromatic rings. The molecule has 4 rings (SSSR count). The van der Waals surface area contributed by atoms with Crippen LogP contribution in [0.5, 0.6) is 0 Å². The van der Waals surface area contributed by atoms with Gasteiger partial charge in [-0.25, -0.2) is 0 Å². The zero-order valence-corrected chi connectivity index (χ0v) is 20.4. The van der Waals surface area contributed by atoms with E-state index in [0.29, 0.717) is 10.8 Å². The maximum absolute atomic E-state index is 9.74. The summed E-state index contributed by atoms with van der Waals surface area (Å²) in [4.78, 5) is 0. The van der Waals surface area contributed by atoms with Crippen LogP contribution in [0.3, 0.4) is 0 Å². The lowest BCUT2D eigenvalue weighted by Gasteiger charge is -2.58. The topological polar surface area (TPSA) is 40.5 Å². The maximum atomic E-state index is 9.74. The third-order valence-electron chi connectivity index (χ3n) is 10.8. The van der Waals surface area contributed by atoms with Crippen molar-refractivity contribution in [3.05, 3.63) is 11.6 Å². The van der Waals surface area contributed by atoms with E-state index in [1.54, 1.807) is 5.57 Å². The Balaban J connectivity index is 1.48. The first-order valence-corrected chi connectivity index (χ1v) is 13.2. The second-order valence-electron chi connectivity index (χ2n) is 12.7. The Morgan fingerprint density at radius 3 is 2.47 bits per heavy atom. The summed E-state index contributed by atoms with van der Waals surface area (Å²) in [6, 6.07) is 0. The van der Waals surface area contributed by atoms with Gasteiger partial charge in [0.2, 0.25) is 0 Å². The van der Waals surface area contributed by atoms with Gasteiger partial charge in [-0.1, -0.05) is 72.0 Å². The summed E-state index contributed by atoms with van der Waals surface area (Å²) in [5.74, 6) is 5.28. The first-order chi connectivity index (χ1) is 14.2. The molecule has 2 nitrogen and oxygen atoms in total. The van der Waals surface area contributed by atoms with Crippen LogP contribution in [0.1, 0.15) is 105 Å². The van der Waals surface area contributed by atoms with Crippen LogP contribution in [0.4, 0.5) is 0 Å². The minimum Gasteiger partial charge on any atom is -0.427 e. The summed E-state index contributed by atoms with van der Waals surface area (Å²) in [7, 11) is -1.14. The highest BCUT2D eigenvalue weighted by molar-refractivity contribution is 6.43. The molecule has 3 fully saturated rings. The summed E-state index contributed by atoms with van der Waals surface area (Å²) in [5, 5.41) is 19.5. The average molecular weight is 414 g/mol. The number of rotatable bonds is 6. The molecular formula is C27H47BO2. The summed E-state index contributed by atoms with van der Waals surface area (Å²) in [5.41, 5.74) is 2.43. The van der Waals surface area contributed by atoms with Gasteiger partial charge in [-0.3, -0.25) is 0 Å². The molecule has 0 bridgehead atoms. The highest BCUT2D eigenvalue weighted by atomic mass is 16.4. The van der Waals surface area contributed by atoms with E-state index in [-0.39, 0.29) is 5.82 Å². The predicted molar refractivity (Wildman–Crippen MR) is 127 cm³/mol. The molecule has 0 heterocycles. The Labute approximate surface area is 186 Å². The molecule has 4 aliphatic rings. The van der Waals surface area contributed by atoms with Gasteiger partial charge >= 0.3 is 7.12 Å². The lowest BCUT2D eigenvalue weighted by Crippen LogP contribution is -2.50. The monoisotopic (exact) mass is 414 g/mol. The van der Waals surface area contributed by atoms with Gasteiger partial charge in [-0.2, -0.15) is 0 Å². The minimum atomic E-state index is -1.14.